The monoisotopic (exact) mass is 415 g/mol. The van der Waals surface area contributed by atoms with Crippen LogP contribution in [0.15, 0.2) is 30.3 Å². The molecule has 6 heteroatoms. The molecule has 0 atom stereocenters. The summed E-state index contributed by atoms with van der Waals surface area (Å²) in [7, 11) is 0. The van der Waals surface area contributed by atoms with E-state index in [1.165, 1.54) is 11.1 Å². The van der Waals surface area contributed by atoms with Crippen molar-refractivity contribution in [1.29, 1.82) is 0 Å². The number of esters is 1. The largest absolute Gasteiger partial charge is 0.482 e. The van der Waals surface area contributed by atoms with Crippen LogP contribution >= 0.6 is 11.6 Å². The first-order valence-electron chi connectivity index (χ1n) is 9.83. The number of rotatable bonds is 7. The van der Waals surface area contributed by atoms with Gasteiger partial charge in [0.25, 0.3) is 5.91 Å². The molecule has 0 saturated heterocycles. The Hall–Kier alpha value is -2.53. The fraction of sp³-hybridized carbons (Fsp3) is 0.391. The Bertz CT molecular complexity index is 923. The first-order valence-corrected chi connectivity index (χ1v) is 10.2. The number of nitrogens with one attached hydrogen (secondary N) is 1. The van der Waals surface area contributed by atoms with Crippen LogP contribution in [0.1, 0.15) is 48.4 Å². The Balaban J connectivity index is 1.49. The number of anilines is 1. The second-order valence-corrected chi connectivity index (χ2v) is 8.04. The zero-order chi connectivity index (χ0) is 21.0. The Morgan fingerprint density at radius 1 is 1.10 bits per heavy atom. The van der Waals surface area contributed by atoms with E-state index in [9.17, 15) is 9.59 Å². The van der Waals surface area contributed by atoms with E-state index in [0.29, 0.717) is 10.8 Å². The predicted molar refractivity (Wildman–Crippen MR) is 114 cm³/mol. The SMILES string of the molecule is Cc1cc(OCC(=O)OCC(=O)Nc2ccc3c(c2)CCC3)c(C(C)C)cc1Cl. The molecular weight excluding hydrogens is 390 g/mol. The Labute approximate surface area is 176 Å². The molecule has 0 unspecified atom stereocenters. The molecule has 0 spiro atoms. The van der Waals surface area contributed by atoms with Crippen LogP contribution in [0.2, 0.25) is 5.02 Å². The van der Waals surface area contributed by atoms with Gasteiger partial charge in [0.2, 0.25) is 0 Å². The summed E-state index contributed by atoms with van der Waals surface area (Å²) >= 11 is 6.18. The molecule has 1 aliphatic carbocycles. The first-order chi connectivity index (χ1) is 13.8. The molecule has 0 radical (unpaired) electrons. The molecule has 1 N–H and O–H groups in total. The van der Waals surface area contributed by atoms with Gasteiger partial charge in [0.15, 0.2) is 13.2 Å². The van der Waals surface area contributed by atoms with Crippen LogP contribution in [0.5, 0.6) is 5.75 Å². The number of fused-ring (bicyclic) bond motifs is 1. The smallest absolute Gasteiger partial charge is 0.344 e. The maximum Gasteiger partial charge on any atom is 0.344 e. The molecule has 0 bridgehead atoms. The van der Waals surface area contributed by atoms with Gasteiger partial charge in [-0.2, -0.15) is 0 Å². The van der Waals surface area contributed by atoms with Crippen molar-refractivity contribution < 1.29 is 19.1 Å². The van der Waals surface area contributed by atoms with Crippen LogP contribution in [0.4, 0.5) is 5.69 Å². The van der Waals surface area contributed by atoms with Crippen molar-refractivity contribution in [2.45, 2.75) is 46.0 Å². The third kappa shape index (κ3) is 5.51. The van der Waals surface area contributed by atoms with Gasteiger partial charge < -0.3 is 14.8 Å². The lowest BCUT2D eigenvalue weighted by Gasteiger charge is -2.15. The molecule has 3 rings (SSSR count). The van der Waals surface area contributed by atoms with Crippen LogP contribution in [-0.2, 0) is 27.2 Å². The molecule has 0 saturated carbocycles. The van der Waals surface area contributed by atoms with E-state index in [2.05, 4.69) is 5.32 Å². The van der Waals surface area contributed by atoms with Crippen LogP contribution < -0.4 is 10.1 Å². The zero-order valence-corrected chi connectivity index (χ0v) is 17.8. The summed E-state index contributed by atoms with van der Waals surface area (Å²) in [6, 6.07) is 9.57. The molecule has 1 aliphatic rings. The predicted octanol–water partition coefficient (Wildman–Crippen LogP) is 4.82. The first kappa shape index (κ1) is 21.2. The van der Waals surface area contributed by atoms with Gasteiger partial charge in [0.05, 0.1) is 0 Å². The maximum absolute atomic E-state index is 12.1. The van der Waals surface area contributed by atoms with Crippen LogP contribution in [0.25, 0.3) is 0 Å². The van der Waals surface area contributed by atoms with E-state index in [1.54, 1.807) is 0 Å². The van der Waals surface area contributed by atoms with Crippen molar-refractivity contribution in [3.8, 4) is 5.75 Å². The molecule has 5 nitrogen and oxygen atoms in total. The van der Waals surface area contributed by atoms with Crippen molar-refractivity contribution in [3.63, 3.8) is 0 Å². The van der Waals surface area contributed by atoms with E-state index in [-0.39, 0.29) is 25.0 Å². The summed E-state index contributed by atoms with van der Waals surface area (Å²) in [6.07, 6.45) is 3.27. The standard InChI is InChI=1S/C23H26ClNO4/c1-14(2)19-11-20(24)15(3)9-21(19)28-13-23(27)29-12-22(26)25-18-8-7-16-5-4-6-17(16)10-18/h7-11,14H,4-6,12-13H2,1-3H3,(H,25,26). The highest BCUT2D eigenvalue weighted by molar-refractivity contribution is 6.31. The van der Waals surface area contributed by atoms with E-state index in [0.717, 1.165) is 36.1 Å². The summed E-state index contributed by atoms with van der Waals surface area (Å²) in [5.41, 5.74) is 5.12. The van der Waals surface area contributed by atoms with Crippen molar-refractivity contribution >= 4 is 29.2 Å². The quantitative estimate of drug-likeness (QED) is 0.658. The fourth-order valence-corrected chi connectivity index (χ4v) is 3.59. The minimum Gasteiger partial charge on any atom is -0.482 e. The van der Waals surface area contributed by atoms with Crippen LogP contribution in [0.3, 0.4) is 0 Å². The summed E-state index contributed by atoms with van der Waals surface area (Å²) < 4.78 is 10.7. The Morgan fingerprint density at radius 2 is 1.86 bits per heavy atom. The van der Waals surface area contributed by atoms with E-state index >= 15 is 0 Å². The highest BCUT2D eigenvalue weighted by Crippen LogP contribution is 2.32. The Morgan fingerprint density at radius 3 is 2.62 bits per heavy atom. The molecule has 0 heterocycles. The lowest BCUT2D eigenvalue weighted by molar-refractivity contribution is -0.149. The van der Waals surface area contributed by atoms with Gasteiger partial charge in [0, 0.05) is 10.7 Å². The van der Waals surface area contributed by atoms with Crippen molar-refractivity contribution in [2.24, 2.45) is 0 Å². The van der Waals surface area contributed by atoms with Gasteiger partial charge in [-0.25, -0.2) is 4.79 Å². The molecule has 2 aromatic carbocycles. The van der Waals surface area contributed by atoms with Crippen molar-refractivity contribution in [1.82, 2.24) is 0 Å². The fourth-order valence-electron chi connectivity index (χ4n) is 3.42. The molecule has 154 valence electrons. The molecule has 0 aliphatic heterocycles. The van der Waals surface area contributed by atoms with Crippen LogP contribution in [0, 0.1) is 6.92 Å². The lowest BCUT2D eigenvalue weighted by atomic mass is 10.0. The average molecular weight is 416 g/mol. The topological polar surface area (TPSA) is 64.6 Å². The maximum atomic E-state index is 12.1. The van der Waals surface area contributed by atoms with E-state index in [4.69, 9.17) is 21.1 Å². The highest BCUT2D eigenvalue weighted by Gasteiger charge is 2.15. The van der Waals surface area contributed by atoms with E-state index in [1.807, 2.05) is 51.1 Å². The second-order valence-electron chi connectivity index (χ2n) is 7.63. The summed E-state index contributed by atoms with van der Waals surface area (Å²) in [6.45, 7) is 5.30. The number of ether oxygens (including phenoxy) is 2. The van der Waals surface area contributed by atoms with Gasteiger partial charge in [-0.05, 0) is 78.6 Å². The number of carbonyl (C=O) groups is 2. The third-order valence-electron chi connectivity index (χ3n) is 5.01. The summed E-state index contributed by atoms with van der Waals surface area (Å²) in [5.74, 6) is -0.184. The van der Waals surface area contributed by atoms with Crippen molar-refractivity contribution in [2.75, 3.05) is 18.5 Å². The van der Waals surface area contributed by atoms with Gasteiger partial charge in [0.1, 0.15) is 5.75 Å². The average Bonchev–Trinajstić information content (AvgIpc) is 3.14. The number of carbonyl (C=O) groups excluding carboxylic acids is 2. The zero-order valence-electron chi connectivity index (χ0n) is 17.0. The molecule has 0 fully saturated rings. The molecule has 1 amide bonds. The molecule has 29 heavy (non-hydrogen) atoms. The highest BCUT2D eigenvalue weighted by atomic mass is 35.5. The minimum absolute atomic E-state index is 0.192. The number of hydrogen-bond donors (Lipinski definition) is 1. The molecule has 0 aromatic heterocycles. The van der Waals surface area contributed by atoms with Crippen molar-refractivity contribution in [3.05, 3.63) is 57.6 Å². The van der Waals surface area contributed by atoms with Crippen LogP contribution in [-0.4, -0.2) is 25.1 Å². The number of aryl methyl sites for hydroxylation is 3. The van der Waals surface area contributed by atoms with Gasteiger partial charge in [-0.3, -0.25) is 4.79 Å². The number of amides is 1. The summed E-state index contributed by atoms with van der Waals surface area (Å²) in [5, 5.41) is 3.43. The van der Waals surface area contributed by atoms with Gasteiger partial charge in [-0.1, -0.05) is 31.5 Å². The third-order valence-corrected chi connectivity index (χ3v) is 5.41. The Kier molecular flexibility index (Phi) is 6.80. The van der Waals surface area contributed by atoms with Gasteiger partial charge >= 0.3 is 5.97 Å². The molecular formula is C23H26ClNO4. The normalized spacial score (nSPS) is 12.6. The minimum atomic E-state index is -0.601. The van der Waals surface area contributed by atoms with E-state index < -0.39 is 5.97 Å². The van der Waals surface area contributed by atoms with Gasteiger partial charge in [-0.15, -0.1) is 0 Å². The second kappa shape index (κ2) is 9.31. The number of hydrogen-bond acceptors (Lipinski definition) is 4. The molecule has 2 aromatic rings. The number of benzene rings is 2. The summed E-state index contributed by atoms with van der Waals surface area (Å²) in [4.78, 5) is 24.1. The lowest BCUT2D eigenvalue weighted by Crippen LogP contribution is -2.24. The number of halogens is 1.